The van der Waals surface area contributed by atoms with Crippen LogP contribution in [0, 0.1) is 0 Å². The molecule has 0 spiro atoms. The zero-order valence-corrected chi connectivity index (χ0v) is 26.2. The van der Waals surface area contributed by atoms with Gasteiger partial charge in [-0.2, -0.15) is 0 Å². The van der Waals surface area contributed by atoms with Crippen LogP contribution in [0.1, 0.15) is 96.8 Å². The van der Waals surface area contributed by atoms with E-state index in [1.54, 1.807) is 7.11 Å². The highest BCUT2D eigenvalue weighted by atomic mass is 32.9. The summed E-state index contributed by atoms with van der Waals surface area (Å²) in [5, 5.41) is 0. The summed E-state index contributed by atoms with van der Waals surface area (Å²) >= 11 is 10.6. The van der Waals surface area contributed by atoms with Gasteiger partial charge in [0.2, 0.25) is 0 Å². The van der Waals surface area contributed by atoms with Crippen LogP contribution < -0.4 is 0 Å². The standard InChI is InChI=1S/C27H54NO5PS2/c1-6-7-8-9-10-11-12-13-14-15-16-17-18-19-20-21-27(29)31-24-26(30-5)25-33-34(35,36)32-23-22-28(2,3)4/h13-14,26H,6-12,15-25H2,1-5H3/b14-13-. The summed E-state index contributed by atoms with van der Waals surface area (Å²) < 4.78 is 22.7. The Morgan fingerprint density at radius 2 is 1.44 bits per heavy atom. The average molecular weight is 568 g/mol. The van der Waals surface area contributed by atoms with Crippen molar-refractivity contribution in [3.8, 4) is 0 Å². The lowest BCUT2D eigenvalue weighted by molar-refractivity contribution is -0.870. The molecule has 0 N–H and O–H groups in total. The fourth-order valence-corrected chi connectivity index (χ4v) is 4.96. The number of nitrogens with zero attached hydrogens (tertiary/aromatic N) is 1. The Morgan fingerprint density at radius 1 is 0.889 bits per heavy atom. The summed E-state index contributed by atoms with van der Waals surface area (Å²) in [6.07, 6.45) is 20.7. The molecule has 9 heteroatoms. The summed E-state index contributed by atoms with van der Waals surface area (Å²) in [5.41, 5.74) is -2.76. The van der Waals surface area contributed by atoms with Crippen molar-refractivity contribution in [1.82, 2.24) is 0 Å². The Balaban J connectivity index is 3.71. The maximum Gasteiger partial charge on any atom is 0.305 e. The van der Waals surface area contributed by atoms with Gasteiger partial charge in [-0.05, 0) is 32.1 Å². The highest BCUT2D eigenvalue weighted by molar-refractivity contribution is 8.51. The Kier molecular flexibility index (Phi) is 23.0. The number of quaternary nitrogens is 1. The average Bonchev–Trinajstić information content (AvgIpc) is 2.80. The molecular formula is C27H54NO5PS2. The number of hydrogen-bond acceptors (Lipinski definition) is 7. The van der Waals surface area contributed by atoms with Crippen molar-refractivity contribution in [2.45, 2.75) is 103 Å². The van der Waals surface area contributed by atoms with Gasteiger partial charge in [-0.15, -0.1) is 0 Å². The van der Waals surface area contributed by atoms with Gasteiger partial charge in [0, 0.05) is 13.5 Å². The molecule has 2 atom stereocenters. The van der Waals surface area contributed by atoms with Crippen molar-refractivity contribution in [2.75, 3.05) is 54.6 Å². The van der Waals surface area contributed by atoms with E-state index in [9.17, 15) is 4.79 Å². The van der Waals surface area contributed by atoms with Gasteiger partial charge in [-0.25, -0.2) is 0 Å². The molecule has 0 amide bonds. The Hall–Kier alpha value is 0.0500. The molecule has 0 aromatic rings. The molecular weight excluding hydrogens is 513 g/mol. The molecule has 6 nitrogen and oxygen atoms in total. The van der Waals surface area contributed by atoms with Crippen molar-refractivity contribution < 1.29 is 27.8 Å². The summed E-state index contributed by atoms with van der Waals surface area (Å²) in [6, 6.07) is 0. The number of rotatable bonds is 25. The van der Waals surface area contributed by atoms with Crippen LogP contribution in [0.15, 0.2) is 12.2 Å². The van der Waals surface area contributed by atoms with Gasteiger partial charge in [0.1, 0.15) is 25.9 Å². The second-order valence-corrected chi connectivity index (χ2v) is 15.5. The first-order valence-corrected chi connectivity index (χ1v) is 17.5. The minimum atomic E-state index is -2.76. The highest BCUT2D eigenvalue weighted by Gasteiger charge is 2.15. The highest BCUT2D eigenvalue weighted by Crippen LogP contribution is 2.45. The largest absolute Gasteiger partial charge is 0.691 e. The molecule has 0 saturated carbocycles. The van der Waals surface area contributed by atoms with Crippen LogP contribution in [0.5, 0.6) is 0 Å². The van der Waals surface area contributed by atoms with E-state index in [0.717, 1.165) is 36.7 Å². The van der Waals surface area contributed by atoms with E-state index >= 15 is 0 Å². The number of carbonyl (C=O) groups is 1. The number of carbonyl (C=O) groups excluding carboxylic acids is 1. The van der Waals surface area contributed by atoms with E-state index < -0.39 is 11.8 Å². The second kappa shape index (κ2) is 23.0. The van der Waals surface area contributed by atoms with Crippen molar-refractivity contribution >= 4 is 35.7 Å². The Morgan fingerprint density at radius 3 is 2.00 bits per heavy atom. The van der Waals surface area contributed by atoms with Gasteiger partial charge in [0.05, 0.1) is 33.4 Å². The molecule has 0 aromatic carbocycles. The number of allylic oxidation sites excluding steroid dienone is 2. The van der Waals surface area contributed by atoms with Crippen LogP contribution in [0.25, 0.3) is 0 Å². The van der Waals surface area contributed by atoms with Crippen LogP contribution >= 0.6 is 5.69 Å². The third kappa shape index (κ3) is 25.7. The zero-order chi connectivity index (χ0) is 27.1. The fourth-order valence-electron chi connectivity index (χ4n) is 3.42. The van der Waals surface area contributed by atoms with Crippen molar-refractivity contribution in [1.29, 1.82) is 0 Å². The van der Waals surface area contributed by atoms with Crippen molar-refractivity contribution in [3.63, 3.8) is 0 Å². The molecule has 0 aromatic heterocycles. The molecule has 36 heavy (non-hydrogen) atoms. The van der Waals surface area contributed by atoms with Gasteiger partial charge in [-0.3, -0.25) is 4.79 Å². The summed E-state index contributed by atoms with van der Waals surface area (Å²) in [4.78, 5) is 12.0. The van der Waals surface area contributed by atoms with E-state index in [1.165, 1.54) is 57.8 Å². The Bertz CT molecular complexity index is 613. The topological polar surface area (TPSA) is 54.0 Å². The molecule has 0 saturated heterocycles. The lowest BCUT2D eigenvalue weighted by atomic mass is 10.1. The van der Waals surface area contributed by atoms with Crippen molar-refractivity contribution in [3.05, 3.63) is 12.2 Å². The quantitative estimate of drug-likeness (QED) is 0.0291. The molecule has 2 unspecified atom stereocenters. The SMILES string of the molecule is CCCCCCCC/C=C\CCCCCCCC(=O)OCC(COP(=S)([S-])OCC[N+](C)(C)C)OC. The second-order valence-electron chi connectivity index (χ2n) is 10.5. The molecule has 0 aliphatic carbocycles. The van der Waals surface area contributed by atoms with Crippen LogP contribution in [-0.2, 0) is 47.4 Å². The summed E-state index contributed by atoms with van der Waals surface area (Å²) in [7, 11) is 7.77. The molecule has 0 aliphatic heterocycles. The van der Waals surface area contributed by atoms with E-state index in [1.807, 2.05) is 0 Å². The number of ether oxygens (including phenoxy) is 2. The lowest BCUT2D eigenvalue weighted by Gasteiger charge is -2.31. The maximum absolute atomic E-state index is 12.0. The predicted molar refractivity (Wildman–Crippen MR) is 158 cm³/mol. The van der Waals surface area contributed by atoms with Crippen LogP contribution in [0.3, 0.4) is 0 Å². The summed E-state index contributed by atoms with van der Waals surface area (Å²) in [6.45, 7) is 3.79. The van der Waals surface area contributed by atoms with Gasteiger partial charge in [0.25, 0.3) is 0 Å². The first-order valence-electron chi connectivity index (χ1n) is 13.8. The molecule has 0 bridgehead atoms. The number of unbranched alkanes of at least 4 members (excludes halogenated alkanes) is 11. The lowest BCUT2D eigenvalue weighted by Crippen LogP contribution is -2.37. The summed E-state index contributed by atoms with van der Waals surface area (Å²) in [5.74, 6) is -0.202. The molecule has 0 aliphatic rings. The fraction of sp³-hybridized carbons (Fsp3) is 0.889. The first-order chi connectivity index (χ1) is 17.1. The van der Waals surface area contributed by atoms with E-state index in [2.05, 4.69) is 40.2 Å². The molecule has 0 fully saturated rings. The number of hydrogen-bond donors (Lipinski definition) is 0. The van der Waals surface area contributed by atoms with Crippen LogP contribution in [0.2, 0.25) is 0 Å². The Labute approximate surface area is 232 Å². The van der Waals surface area contributed by atoms with Crippen LogP contribution in [-0.4, -0.2) is 71.2 Å². The van der Waals surface area contributed by atoms with Gasteiger partial charge in [0.15, 0.2) is 0 Å². The molecule has 0 radical (unpaired) electrons. The first kappa shape index (κ1) is 36.0. The maximum atomic E-state index is 12.0. The molecule has 0 rings (SSSR count). The van der Waals surface area contributed by atoms with Gasteiger partial charge >= 0.3 is 5.97 Å². The smallest absolute Gasteiger partial charge is 0.305 e. The monoisotopic (exact) mass is 567 g/mol. The van der Waals surface area contributed by atoms with E-state index in [0.29, 0.717) is 13.0 Å². The van der Waals surface area contributed by atoms with Gasteiger partial charge < -0.3 is 35.3 Å². The molecule has 214 valence electrons. The number of esters is 1. The normalized spacial score (nSPS) is 14.7. The third-order valence-electron chi connectivity index (χ3n) is 5.84. The number of likely N-dealkylation sites (N-methyl/N-ethyl adjacent to an activating group) is 1. The van der Waals surface area contributed by atoms with E-state index in [4.69, 9.17) is 42.6 Å². The number of methoxy groups -OCH3 is 1. The zero-order valence-electron chi connectivity index (χ0n) is 23.7. The van der Waals surface area contributed by atoms with Gasteiger partial charge in [-0.1, -0.05) is 82.2 Å². The minimum absolute atomic E-state index is 0.129. The predicted octanol–water partition coefficient (Wildman–Crippen LogP) is 7.09. The molecule has 0 heterocycles. The third-order valence-corrected chi connectivity index (χ3v) is 8.07. The van der Waals surface area contributed by atoms with E-state index in [-0.39, 0.29) is 19.2 Å². The van der Waals surface area contributed by atoms with Crippen molar-refractivity contribution in [2.24, 2.45) is 0 Å². The minimum Gasteiger partial charge on any atom is -0.691 e. The van der Waals surface area contributed by atoms with Crippen LogP contribution in [0.4, 0.5) is 0 Å².